The summed E-state index contributed by atoms with van der Waals surface area (Å²) in [7, 11) is 1.09. The predicted octanol–water partition coefficient (Wildman–Crippen LogP) is 7.46. The molecule has 0 aliphatic rings. The Balaban J connectivity index is 1.90. The summed E-state index contributed by atoms with van der Waals surface area (Å²) < 4.78 is 15.7. The van der Waals surface area contributed by atoms with Crippen LogP contribution in [0.1, 0.15) is 51.9 Å². The van der Waals surface area contributed by atoms with Gasteiger partial charge >= 0.3 is 23.8 Å². The molecule has 2 aromatic carbocycles. The average molecular weight is 651 g/mol. The summed E-state index contributed by atoms with van der Waals surface area (Å²) in [6.45, 7) is 9.77. The highest BCUT2D eigenvalue weighted by Gasteiger charge is 2.34. The number of carbonyl (C=O) groups excluding carboxylic acids is 3. The summed E-state index contributed by atoms with van der Waals surface area (Å²) in [5, 5.41) is 16.3. The topological polar surface area (TPSA) is 176 Å². The molecule has 4 rings (SSSR count). The van der Waals surface area contributed by atoms with Crippen molar-refractivity contribution in [3.05, 3.63) is 75.7 Å². The maximum absolute atomic E-state index is 13.2. The molecule has 240 valence electrons. The van der Waals surface area contributed by atoms with Crippen molar-refractivity contribution in [1.82, 2.24) is 15.0 Å². The van der Waals surface area contributed by atoms with E-state index in [2.05, 4.69) is 20.3 Å². The van der Waals surface area contributed by atoms with Crippen LogP contribution in [0.25, 0.3) is 22.2 Å². The third kappa shape index (κ3) is 7.64. The number of esters is 1. The van der Waals surface area contributed by atoms with Crippen molar-refractivity contribution < 1.29 is 33.5 Å². The first kappa shape index (κ1) is 33.5. The number of hydrogen-bond donors (Lipinski definition) is 1. The van der Waals surface area contributed by atoms with E-state index in [-0.39, 0.29) is 28.3 Å². The number of halogens is 1. The van der Waals surface area contributed by atoms with Crippen molar-refractivity contribution >= 4 is 63.5 Å². The number of nitrogens with zero attached hydrogens (tertiary/aromatic N) is 5. The van der Waals surface area contributed by atoms with Gasteiger partial charge in [-0.2, -0.15) is 4.90 Å². The molecule has 0 bridgehead atoms. The number of amides is 2. The SMILES string of the molecule is COC(=O)c1cc(-c2cc(N(C(=O)OC(C)(C)C)C(=O)OC(C)(C)C)ncn2)cc(Nc2ccnc3c(Cl)cccc23)c1[N+](=O)[O-]. The van der Waals surface area contributed by atoms with Crippen LogP contribution in [-0.2, 0) is 14.2 Å². The van der Waals surface area contributed by atoms with Crippen LogP contribution in [0.4, 0.5) is 32.5 Å². The lowest BCUT2D eigenvalue weighted by molar-refractivity contribution is -0.384. The second kappa shape index (κ2) is 12.9. The number of nitro groups is 1. The molecule has 0 saturated carbocycles. The molecule has 4 aromatic rings. The highest BCUT2D eigenvalue weighted by molar-refractivity contribution is 6.35. The lowest BCUT2D eigenvalue weighted by Gasteiger charge is -2.28. The molecule has 0 radical (unpaired) electrons. The largest absolute Gasteiger partial charge is 0.465 e. The molecular formula is C31H31ClN6O8. The summed E-state index contributed by atoms with van der Waals surface area (Å²) in [6.07, 6.45) is 0.440. The van der Waals surface area contributed by atoms with Gasteiger partial charge in [-0.15, -0.1) is 0 Å². The van der Waals surface area contributed by atoms with E-state index in [1.54, 1.807) is 65.8 Å². The molecular weight excluding hydrogens is 620 g/mol. The average Bonchev–Trinajstić information content (AvgIpc) is 2.95. The number of anilines is 3. The third-order valence-corrected chi connectivity index (χ3v) is 6.32. The first-order valence-electron chi connectivity index (χ1n) is 13.8. The van der Waals surface area contributed by atoms with Gasteiger partial charge in [-0.3, -0.25) is 15.1 Å². The molecule has 0 aliphatic carbocycles. The third-order valence-electron chi connectivity index (χ3n) is 6.02. The van der Waals surface area contributed by atoms with Crippen LogP contribution in [0.2, 0.25) is 5.02 Å². The zero-order valence-electron chi connectivity index (χ0n) is 26.1. The monoisotopic (exact) mass is 650 g/mol. The van der Waals surface area contributed by atoms with Gasteiger partial charge in [0.15, 0.2) is 5.82 Å². The molecule has 2 aromatic heterocycles. The standard InChI is InChI=1S/C31H31ClN6O8/c1-30(2,3)45-28(40)37(29(41)46-31(4,5)6)24-15-22(34-16-35-24)17-13-19(27(39)44-7)26(38(42)43)23(14-17)36-21-11-12-33-25-18(21)9-8-10-20(25)32/h8-16H,1-7H3,(H,33,36). The molecule has 46 heavy (non-hydrogen) atoms. The van der Waals surface area contributed by atoms with E-state index in [0.29, 0.717) is 26.5 Å². The minimum Gasteiger partial charge on any atom is -0.465 e. The minimum absolute atomic E-state index is 0.0906. The molecule has 0 unspecified atom stereocenters. The molecule has 15 heteroatoms. The molecule has 2 heterocycles. The molecule has 0 atom stereocenters. The highest BCUT2D eigenvalue weighted by atomic mass is 35.5. The van der Waals surface area contributed by atoms with Crippen LogP contribution in [0, 0.1) is 10.1 Å². The Hall–Kier alpha value is -5.37. The van der Waals surface area contributed by atoms with Gasteiger partial charge in [0.2, 0.25) is 0 Å². The van der Waals surface area contributed by atoms with Gasteiger partial charge in [-0.1, -0.05) is 23.7 Å². The number of hydrogen-bond acceptors (Lipinski definition) is 12. The van der Waals surface area contributed by atoms with E-state index in [9.17, 15) is 24.5 Å². The number of methoxy groups -OCH3 is 1. The number of para-hydroxylation sites is 1. The summed E-state index contributed by atoms with van der Waals surface area (Å²) in [5.41, 5.74) is -1.85. The fourth-order valence-corrected chi connectivity index (χ4v) is 4.46. The van der Waals surface area contributed by atoms with E-state index in [4.69, 9.17) is 25.8 Å². The molecule has 1 N–H and O–H groups in total. The molecule has 2 amide bonds. The molecule has 0 spiro atoms. The molecule has 0 aliphatic heterocycles. The first-order chi connectivity index (χ1) is 21.5. The predicted molar refractivity (Wildman–Crippen MR) is 170 cm³/mol. The Bertz CT molecular complexity index is 1820. The van der Waals surface area contributed by atoms with Crippen molar-refractivity contribution in [2.24, 2.45) is 0 Å². The quantitative estimate of drug-likeness (QED) is 0.0944. The summed E-state index contributed by atoms with van der Waals surface area (Å²) >= 11 is 6.32. The lowest BCUT2D eigenvalue weighted by atomic mass is 10.0. The van der Waals surface area contributed by atoms with Crippen LogP contribution in [0.3, 0.4) is 0 Å². The van der Waals surface area contributed by atoms with E-state index >= 15 is 0 Å². The fourth-order valence-electron chi connectivity index (χ4n) is 4.24. The zero-order valence-corrected chi connectivity index (χ0v) is 26.8. The number of pyridine rings is 1. The van der Waals surface area contributed by atoms with E-state index in [1.807, 2.05) is 0 Å². The molecule has 14 nitrogen and oxygen atoms in total. The Kier molecular flexibility index (Phi) is 9.42. The molecule has 0 saturated heterocycles. The maximum Gasteiger partial charge on any atom is 0.425 e. The first-order valence-corrected chi connectivity index (χ1v) is 14.2. The van der Waals surface area contributed by atoms with E-state index in [1.165, 1.54) is 24.4 Å². The second-order valence-electron chi connectivity index (χ2n) is 11.8. The number of fused-ring (bicyclic) bond motifs is 1. The van der Waals surface area contributed by atoms with Gasteiger partial charge in [0.1, 0.15) is 28.8 Å². The summed E-state index contributed by atoms with van der Waals surface area (Å²) in [4.78, 5) is 64.1. The van der Waals surface area contributed by atoms with Crippen molar-refractivity contribution in [1.29, 1.82) is 0 Å². The van der Waals surface area contributed by atoms with E-state index < -0.39 is 40.0 Å². The fraction of sp³-hybridized carbons (Fsp3) is 0.290. The van der Waals surface area contributed by atoms with Crippen LogP contribution >= 0.6 is 11.6 Å². The van der Waals surface area contributed by atoms with Crippen LogP contribution in [0.15, 0.2) is 55.0 Å². The van der Waals surface area contributed by atoms with Gasteiger partial charge in [0, 0.05) is 28.9 Å². The normalized spacial score (nSPS) is 11.5. The number of aromatic nitrogens is 3. The van der Waals surface area contributed by atoms with E-state index in [0.717, 1.165) is 13.4 Å². The van der Waals surface area contributed by atoms with Crippen LogP contribution in [0.5, 0.6) is 0 Å². The Labute approximate surface area is 268 Å². The van der Waals surface area contributed by atoms with Crippen molar-refractivity contribution in [2.75, 3.05) is 17.3 Å². The Morgan fingerprint density at radius 2 is 1.57 bits per heavy atom. The van der Waals surface area contributed by atoms with Gasteiger partial charge in [-0.05, 0) is 65.8 Å². The summed E-state index contributed by atoms with van der Waals surface area (Å²) in [6, 6.07) is 10.6. The van der Waals surface area contributed by atoms with Gasteiger partial charge in [0.25, 0.3) is 0 Å². The highest BCUT2D eigenvalue weighted by Crippen LogP contribution is 2.38. The Morgan fingerprint density at radius 1 is 0.913 bits per heavy atom. The lowest BCUT2D eigenvalue weighted by Crippen LogP contribution is -2.44. The number of ether oxygens (including phenoxy) is 3. The number of carbonyl (C=O) groups is 3. The van der Waals surface area contributed by atoms with Crippen molar-refractivity contribution in [3.63, 3.8) is 0 Å². The second-order valence-corrected chi connectivity index (χ2v) is 12.3. The molecule has 0 fully saturated rings. The Morgan fingerprint density at radius 3 is 2.15 bits per heavy atom. The number of nitro benzene ring substituents is 1. The number of benzene rings is 2. The van der Waals surface area contributed by atoms with Crippen molar-refractivity contribution in [3.8, 4) is 11.3 Å². The minimum atomic E-state index is -1.06. The van der Waals surface area contributed by atoms with Crippen LogP contribution < -0.4 is 10.2 Å². The number of rotatable bonds is 6. The van der Waals surface area contributed by atoms with Crippen LogP contribution in [-0.4, -0.2) is 56.3 Å². The number of nitrogens with one attached hydrogen (secondary N) is 1. The maximum atomic E-state index is 13.2. The smallest absolute Gasteiger partial charge is 0.425 e. The zero-order chi connectivity index (χ0) is 34.0. The number of imide groups is 1. The van der Waals surface area contributed by atoms with Gasteiger partial charge in [0.05, 0.1) is 28.3 Å². The van der Waals surface area contributed by atoms with Crippen molar-refractivity contribution in [2.45, 2.75) is 52.7 Å². The van der Waals surface area contributed by atoms with Gasteiger partial charge in [-0.25, -0.2) is 24.4 Å². The summed E-state index contributed by atoms with van der Waals surface area (Å²) in [5.74, 6) is -1.20. The van der Waals surface area contributed by atoms with Gasteiger partial charge < -0.3 is 19.5 Å².